The van der Waals surface area contributed by atoms with Crippen molar-refractivity contribution in [2.45, 2.75) is 57.7 Å². The van der Waals surface area contributed by atoms with Crippen LogP contribution in [0.4, 0.5) is 0 Å². The predicted octanol–water partition coefficient (Wildman–Crippen LogP) is 2.07. The molecule has 1 aromatic rings. The number of nitrogen functional groups attached to an aromatic ring is 1. The molecule has 1 aliphatic carbocycles. The number of halogens is 2. The summed E-state index contributed by atoms with van der Waals surface area (Å²) < 4.78 is 0.0281. The van der Waals surface area contributed by atoms with E-state index in [1.165, 1.54) is 0 Å². The molecular weight excluding hydrogens is 425 g/mol. The maximum absolute atomic E-state index is 13.7. The Balaban J connectivity index is 0.00000225. The van der Waals surface area contributed by atoms with Crippen LogP contribution in [0.5, 0.6) is 0 Å². The molecule has 4 atom stereocenters. The number of rotatable bonds is 7. The van der Waals surface area contributed by atoms with Crippen LogP contribution in [-0.2, 0) is 16.1 Å². The molecule has 7 nitrogen and oxygen atoms in total. The minimum absolute atomic E-state index is 0. The zero-order valence-electron chi connectivity index (χ0n) is 17.6. The van der Waals surface area contributed by atoms with Gasteiger partial charge >= 0.3 is 5.91 Å². The summed E-state index contributed by atoms with van der Waals surface area (Å²) in [6, 6.07) is 6.68. The van der Waals surface area contributed by atoms with Crippen molar-refractivity contribution in [3.63, 3.8) is 0 Å². The highest BCUT2D eigenvalue weighted by Crippen LogP contribution is 2.59. The molecule has 9 heteroatoms. The number of nitrogens with zero attached hydrogens (tertiary/aromatic N) is 1. The van der Waals surface area contributed by atoms with E-state index in [-0.39, 0.29) is 58.8 Å². The van der Waals surface area contributed by atoms with Gasteiger partial charge in [0.1, 0.15) is 18.4 Å². The lowest BCUT2D eigenvalue weighted by molar-refractivity contribution is -0.900. The first-order valence-electron chi connectivity index (χ1n) is 10.0. The topological polar surface area (TPSA) is 136 Å². The molecule has 1 aliphatic heterocycles. The van der Waals surface area contributed by atoms with Crippen molar-refractivity contribution < 1.29 is 14.1 Å². The number of fused-ring (bicyclic) bond motifs is 1. The number of nitrogens with one attached hydrogen (secondary N) is 1. The fourth-order valence-electron chi connectivity index (χ4n) is 5.13. The van der Waals surface area contributed by atoms with E-state index in [1.807, 2.05) is 26.0 Å². The average Bonchev–Trinajstić information content (AvgIpc) is 3.38. The van der Waals surface area contributed by atoms with Crippen molar-refractivity contribution in [3.8, 4) is 0 Å². The van der Waals surface area contributed by atoms with Gasteiger partial charge in [-0.25, -0.2) is 9.28 Å². The number of carbonyl (C=O) groups is 2. The zero-order chi connectivity index (χ0) is 20.7. The normalized spacial score (nSPS) is 27.8. The van der Waals surface area contributed by atoms with Gasteiger partial charge in [0, 0.05) is 23.5 Å². The van der Waals surface area contributed by atoms with Crippen molar-refractivity contribution >= 4 is 42.5 Å². The van der Waals surface area contributed by atoms with Gasteiger partial charge in [0.25, 0.3) is 5.91 Å². The Hall–Kier alpha value is -1.67. The third-order valence-corrected chi connectivity index (χ3v) is 6.54. The maximum Gasteiger partial charge on any atom is 0.331 e. The quantitative estimate of drug-likeness (QED) is 0.282. The zero-order valence-corrected chi connectivity index (χ0v) is 19.2. The van der Waals surface area contributed by atoms with E-state index < -0.39 is 11.6 Å². The highest BCUT2D eigenvalue weighted by molar-refractivity contribution is 5.95. The van der Waals surface area contributed by atoms with Crippen LogP contribution in [0.1, 0.15) is 50.7 Å². The number of likely N-dealkylation sites (tertiary alicyclic amines) is 1. The Kier molecular flexibility index (Phi) is 8.47. The van der Waals surface area contributed by atoms with Crippen molar-refractivity contribution in [2.24, 2.45) is 29.0 Å². The van der Waals surface area contributed by atoms with Crippen LogP contribution in [0, 0.1) is 17.2 Å². The minimum atomic E-state index is -0.830. The summed E-state index contributed by atoms with van der Waals surface area (Å²) in [4.78, 5) is 26.3. The molecule has 2 aliphatic rings. The van der Waals surface area contributed by atoms with E-state index in [1.54, 1.807) is 12.1 Å². The molecule has 1 saturated carbocycles. The molecule has 1 heterocycles. The molecule has 1 aromatic carbocycles. The van der Waals surface area contributed by atoms with Crippen LogP contribution in [-0.4, -0.2) is 40.3 Å². The molecule has 0 aromatic heterocycles. The van der Waals surface area contributed by atoms with Crippen molar-refractivity contribution in [1.82, 2.24) is 0 Å². The number of benzene rings is 1. The van der Waals surface area contributed by atoms with Crippen molar-refractivity contribution in [2.75, 3.05) is 6.54 Å². The molecule has 7 N–H and O–H groups in total. The van der Waals surface area contributed by atoms with Gasteiger partial charge in [-0.3, -0.25) is 10.2 Å². The van der Waals surface area contributed by atoms with Crippen LogP contribution < -0.4 is 17.2 Å². The van der Waals surface area contributed by atoms with Gasteiger partial charge in [-0.15, -0.1) is 24.8 Å². The number of carbonyl (C=O) groups excluding carboxylic acids is 2. The van der Waals surface area contributed by atoms with Crippen molar-refractivity contribution in [3.05, 3.63) is 35.4 Å². The molecule has 0 radical (unpaired) electrons. The number of hydrogen-bond acceptors (Lipinski definition) is 4. The van der Waals surface area contributed by atoms with E-state index >= 15 is 0 Å². The lowest BCUT2D eigenvalue weighted by Gasteiger charge is -2.46. The van der Waals surface area contributed by atoms with Gasteiger partial charge in [0.05, 0.1) is 6.54 Å². The van der Waals surface area contributed by atoms with Crippen LogP contribution in [0.25, 0.3) is 0 Å². The molecule has 0 bridgehead atoms. The molecular formula is C21H34Cl2N5O2+. The smallest absolute Gasteiger partial charge is 0.331 e. The van der Waals surface area contributed by atoms with Crippen LogP contribution in [0.2, 0.25) is 0 Å². The molecule has 2 fully saturated rings. The van der Waals surface area contributed by atoms with Crippen molar-refractivity contribution in [1.29, 1.82) is 5.41 Å². The summed E-state index contributed by atoms with van der Waals surface area (Å²) in [6.45, 7) is 5.05. The Labute approximate surface area is 190 Å². The first-order valence-corrected chi connectivity index (χ1v) is 10.0. The van der Waals surface area contributed by atoms with Gasteiger partial charge in [0.2, 0.25) is 0 Å². The molecule has 30 heavy (non-hydrogen) atoms. The van der Waals surface area contributed by atoms with E-state index in [4.69, 9.17) is 22.6 Å². The molecule has 0 spiro atoms. The van der Waals surface area contributed by atoms with E-state index in [0.717, 1.165) is 18.4 Å². The standard InChI is InChI=1S/C21H31N5O2.2ClH/c1-13(2)10-17(22)19(27)26(9-3-4-16-11-21(16,26)20(25)28)12-14-5-7-15(8-6-14)18(23)24;;/h5-8,13,16-17H,3-4,9-12,22H2,1-2H3,(H4-,23,24,25,28);2*1H/p+1/t16-,17-,21+,26?;;/m1../s1. The van der Waals surface area contributed by atoms with Gasteiger partial charge in [-0.1, -0.05) is 38.1 Å². The summed E-state index contributed by atoms with van der Waals surface area (Å²) in [5, 5.41) is 7.55. The number of quaternary nitrogens is 1. The average molecular weight is 459 g/mol. The number of amidine groups is 1. The lowest BCUT2D eigenvalue weighted by atomic mass is 9.92. The summed E-state index contributed by atoms with van der Waals surface area (Å²) >= 11 is 0. The Bertz CT molecular complexity index is 801. The van der Waals surface area contributed by atoms with Crippen LogP contribution >= 0.6 is 24.8 Å². The highest BCUT2D eigenvalue weighted by Gasteiger charge is 2.76. The SMILES string of the molecule is CC(C)C[C@@H](N)C(=O)[N+]1(Cc2ccc(C(=N)N)cc2)CCC[C@@H]2C[C@@]21C(N)=O.Cl.Cl. The first kappa shape index (κ1) is 26.4. The van der Waals surface area contributed by atoms with Crippen LogP contribution in [0.15, 0.2) is 24.3 Å². The van der Waals surface area contributed by atoms with Gasteiger partial charge in [-0.2, -0.15) is 0 Å². The van der Waals surface area contributed by atoms with E-state index in [0.29, 0.717) is 31.5 Å². The summed E-state index contributed by atoms with van der Waals surface area (Å²) in [6.07, 6.45) is 3.06. The molecule has 1 saturated heterocycles. The Morgan fingerprint density at radius 3 is 2.30 bits per heavy atom. The second-order valence-electron chi connectivity index (χ2n) is 8.87. The Morgan fingerprint density at radius 1 is 1.20 bits per heavy atom. The fourth-order valence-corrected chi connectivity index (χ4v) is 5.13. The molecule has 3 rings (SSSR count). The molecule has 168 valence electrons. The lowest BCUT2D eigenvalue weighted by Crippen LogP contribution is -2.70. The summed E-state index contributed by atoms with van der Waals surface area (Å²) in [7, 11) is 0. The monoisotopic (exact) mass is 458 g/mol. The number of primary amides is 1. The summed E-state index contributed by atoms with van der Waals surface area (Å²) in [5.74, 6) is -0.0177. The van der Waals surface area contributed by atoms with E-state index in [2.05, 4.69) is 0 Å². The number of hydrogen-bond donors (Lipinski definition) is 4. The van der Waals surface area contributed by atoms with Gasteiger partial charge < -0.3 is 17.2 Å². The number of nitrogens with two attached hydrogens (primary N) is 3. The van der Waals surface area contributed by atoms with E-state index in [9.17, 15) is 9.59 Å². The van der Waals surface area contributed by atoms with Gasteiger partial charge in [0.15, 0.2) is 5.54 Å². The number of piperidine rings is 1. The Morgan fingerprint density at radius 2 is 1.80 bits per heavy atom. The number of amides is 2. The van der Waals surface area contributed by atoms with Crippen LogP contribution in [0.3, 0.4) is 0 Å². The second-order valence-corrected chi connectivity index (χ2v) is 8.87. The maximum atomic E-state index is 13.7. The highest BCUT2D eigenvalue weighted by atomic mass is 35.5. The molecule has 2 amide bonds. The molecule has 1 unspecified atom stereocenters. The second kappa shape index (κ2) is 9.64. The first-order chi connectivity index (χ1) is 13.1. The predicted molar refractivity (Wildman–Crippen MR) is 122 cm³/mol. The third kappa shape index (κ3) is 4.35. The fraction of sp³-hybridized carbons (Fsp3) is 0.571. The third-order valence-electron chi connectivity index (χ3n) is 6.54. The van der Waals surface area contributed by atoms with Gasteiger partial charge in [-0.05, 0) is 25.2 Å². The minimum Gasteiger partial charge on any atom is -0.384 e. The largest absolute Gasteiger partial charge is 0.384 e. The summed E-state index contributed by atoms with van der Waals surface area (Å²) in [5.41, 5.74) is 18.5.